The molecule has 0 fully saturated rings. The van der Waals surface area contributed by atoms with Crippen LogP contribution in [0.25, 0.3) is 0 Å². The molecule has 1 aliphatic rings. The van der Waals surface area contributed by atoms with Crippen molar-refractivity contribution in [2.75, 3.05) is 23.0 Å². The molecule has 2 aromatic rings. The first-order valence-electron chi connectivity index (χ1n) is 8.50. The SMILES string of the molecule is Nc1cnccc1C(=O)Nc1ccc2c(c1)OCC(=O)N2.O=C(C(=O)C(F)(F)F)C(F)(F)F. The van der Waals surface area contributed by atoms with Gasteiger partial charge in [-0.25, -0.2) is 0 Å². The van der Waals surface area contributed by atoms with Gasteiger partial charge >= 0.3 is 23.9 Å². The van der Waals surface area contributed by atoms with Crippen molar-refractivity contribution in [3.8, 4) is 5.75 Å². The second kappa shape index (κ2) is 9.54. The van der Waals surface area contributed by atoms with Gasteiger partial charge in [0.05, 0.1) is 23.1 Å². The summed E-state index contributed by atoms with van der Waals surface area (Å²) in [6, 6.07) is 6.52. The molecule has 2 amide bonds. The van der Waals surface area contributed by atoms with E-state index in [1.165, 1.54) is 12.4 Å². The van der Waals surface area contributed by atoms with Gasteiger partial charge in [0, 0.05) is 18.0 Å². The molecule has 3 rings (SSSR count). The van der Waals surface area contributed by atoms with Gasteiger partial charge in [0.2, 0.25) is 0 Å². The molecule has 2 heterocycles. The minimum Gasteiger partial charge on any atom is -0.482 e. The monoisotopic (exact) mass is 478 g/mol. The van der Waals surface area contributed by atoms with Gasteiger partial charge in [0.1, 0.15) is 5.75 Å². The molecular formula is C18H12F6N4O5. The van der Waals surface area contributed by atoms with Gasteiger partial charge in [-0.05, 0) is 18.2 Å². The summed E-state index contributed by atoms with van der Waals surface area (Å²) in [5.74, 6) is -6.85. The van der Waals surface area contributed by atoms with Gasteiger partial charge < -0.3 is 21.1 Å². The number of anilines is 3. The Hall–Kier alpha value is -4.17. The summed E-state index contributed by atoms with van der Waals surface area (Å²) in [5, 5.41) is 5.40. The summed E-state index contributed by atoms with van der Waals surface area (Å²) >= 11 is 0. The van der Waals surface area contributed by atoms with Crippen LogP contribution in [0.1, 0.15) is 10.4 Å². The zero-order chi connectivity index (χ0) is 25.0. The summed E-state index contributed by atoms with van der Waals surface area (Å²) in [7, 11) is 0. The first-order valence-corrected chi connectivity index (χ1v) is 8.50. The Morgan fingerprint density at radius 2 is 1.64 bits per heavy atom. The number of nitrogen functional groups attached to an aromatic ring is 1. The molecule has 9 nitrogen and oxygen atoms in total. The molecule has 0 unspecified atom stereocenters. The van der Waals surface area contributed by atoms with Gasteiger partial charge in [-0.15, -0.1) is 0 Å². The topological polar surface area (TPSA) is 140 Å². The highest BCUT2D eigenvalue weighted by Gasteiger charge is 2.54. The molecule has 0 spiro atoms. The van der Waals surface area contributed by atoms with Crippen LogP contribution in [0.5, 0.6) is 5.75 Å². The Morgan fingerprint density at radius 3 is 2.18 bits per heavy atom. The normalized spacial score (nSPS) is 12.8. The number of benzene rings is 1. The number of carbonyl (C=O) groups is 4. The maximum atomic E-state index is 12.1. The van der Waals surface area contributed by atoms with Crippen molar-refractivity contribution in [1.29, 1.82) is 0 Å². The third-order valence-corrected chi connectivity index (χ3v) is 3.69. The number of nitrogens with one attached hydrogen (secondary N) is 2. The summed E-state index contributed by atoms with van der Waals surface area (Å²) in [4.78, 5) is 46.4. The number of aromatic nitrogens is 1. The summed E-state index contributed by atoms with van der Waals surface area (Å²) in [6.45, 7) is -0.0400. The number of pyridine rings is 1. The number of fused-ring (bicyclic) bond motifs is 1. The maximum absolute atomic E-state index is 12.1. The molecule has 0 radical (unpaired) electrons. The first-order chi connectivity index (χ1) is 15.2. The van der Waals surface area contributed by atoms with Gasteiger partial charge in [-0.2, -0.15) is 26.3 Å². The Balaban J connectivity index is 0.000000277. The quantitative estimate of drug-likeness (QED) is 0.455. The Labute approximate surface area is 179 Å². The van der Waals surface area contributed by atoms with Crippen molar-refractivity contribution < 1.29 is 50.3 Å². The first kappa shape index (κ1) is 25.1. The van der Waals surface area contributed by atoms with Crippen LogP contribution >= 0.6 is 0 Å². The fourth-order valence-corrected chi connectivity index (χ4v) is 2.22. The van der Waals surface area contributed by atoms with E-state index in [1.54, 1.807) is 24.3 Å². The van der Waals surface area contributed by atoms with Crippen LogP contribution in [-0.4, -0.2) is 47.3 Å². The molecule has 0 bridgehead atoms. The van der Waals surface area contributed by atoms with Crippen molar-refractivity contribution in [2.45, 2.75) is 12.4 Å². The molecule has 1 aromatic heterocycles. The fourth-order valence-electron chi connectivity index (χ4n) is 2.22. The molecule has 0 saturated heterocycles. The molecule has 1 aliphatic heterocycles. The lowest BCUT2D eigenvalue weighted by Crippen LogP contribution is -2.39. The number of ketones is 2. The molecule has 0 aliphatic carbocycles. The van der Waals surface area contributed by atoms with E-state index < -0.39 is 23.9 Å². The fraction of sp³-hybridized carbons (Fsp3) is 0.167. The lowest BCUT2D eigenvalue weighted by atomic mass is 10.2. The second-order valence-corrected chi connectivity index (χ2v) is 6.12. The van der Waals surface area contributed by atoms with Crippen molar-refractivity contribution in [3.63, 3.8) is 0 Å². The van der Waals surface area contributed by atoms with Crippen LogP contribution < -0.4 is 21.1 Å². The van der Waals surface area contributed by atoms with E-state index in [0.717, 1.165) is 0 Å². The van der Waals surface area contributed by atoms with Crippen molar-refractivity contribution in [2.24, 2.45) is 0 Å². The highest BCUT2D eigenvalue weighted by Crippen LogP contribution is 2.31. The number of alkyl halides is 6. The zero-order valence-corrected chi connectivity index (χ0v) is 16.0. The number of carbonyl (C=O) groups excluding carboxylic acids is 4. The predicted octanol–water partition coefficient (Wildman–Crippen LogP) is 2.50. The van der Waals surface area contributed by atoms with Crippen LogP contribution in [0, 0.1) is 0 Å². The van der Waals surface area contributed by atoms with E-state index in [2.05, 4.69) is 15.6 Å². The highest BCUT2D eigenvalue weighted by atomic mass is 19.4. The van der Waals surface area contributed by atoms with Crippen molar-refractivity contribution >= 4 is 40.4 Å². The second-order valence-electron chi connectivity index (χ2n) is 6.12. The number of ether oxygens (including phenoxy) is 1. The zero-order valence-electron chi connectivity index (χ0n) is 16.0. The number of nitrogens with zero attached hydrogens (tertiary/aromatic N) is 1. The molecule has 0 saturated carbocycles. The number of hydrogen-bond acceptors (Lipinski definition) is 7. The van der Waals surface area contributed by atoms with Crippen LogP contribution in [0.4, 0.5) is 43.4 Å². The van der Waals surface area contributed by atoms with Gasteiger partial charge in [-0.3, -0.25) is 24.2 Å². The number of amides is 2. The summed E-state index contributed by atoms with van der Waals surface area (Å²) < 4.78 is 72.2. The van der Waals surface area contributed by atoms with E-state index in [-0.39, 0.29) is 18.4 Å². The molecular weight excluding hydrogens is 466 g/mol. The lowest BCUT2D eigenvalue weighted by Gasteiger charge is -2.18. The molecule has 0 atom stereocenters. The minimum atomic E-state index is -5.77. The Kier molecular flexibility index (Phi) is 7.25. The van der Waals surface area contributed by atoms with E-state index in [0.29, 0.717) is 28.4 Å². The van der Waals surface area contributed by atoms with Gasteiger partial charge in [0.15, 0.2) is 6.61 Å². The van der Waals surface area contributed by atoms with Crippen LogP contribution in [-0.2, 0) is 14.4 Å². The average Bonchev–Trinajstić information content (AvgIpc) is 2.72. The third-order valence-electron chi connectivity index (χ3n) is 3.69. The van der Waals surface area contributed by atoms with Gasteiger partial charge in [0.25, 0.3) is 11.8 Å². The molecule has 15 heteroatoms. The largest absolute Gasteiger partial charge is 0.482 e. The van der Waals surface area contributed by atoms with E-state index in [9.17, 15) is 45.5 Å². The summed E-state index contributed by atoms with van der Waals surface area (Å²) in [5.41, 5.74) is 7.48. The molecule has 33 heavy (non-hydrogen) atoms. The summed E-state index contributed by atoms with van der Waals surface area (Å²) in [6.07, 6.45) is -8.63. The van der Waals surface area contributed by atoms with E-state index in [1.807, 2.05) is 0 Å². The van der Waals surface area contributed by atoms with Gasteiger partial charge in [-0.1, -0.05) is 0 Å². The average molecular weight is 478 g/mol. The molecule has 1 aromatic carbocycles. The lowest BCUT2D eigenvalue weighted by molar-refractivity contribution is -0.193. The van der Waals surface area contributed by atoms with Crippen LogP contribution in [0.15, 0.2) is 36.7 Å². The standard InChI is InChI=1S/C14H12N4O3.C4F6O2/c15-10-6-16-4-3-9(10)14(20)17-8-1-2-11-12(5-8)21-7-13(19)18-11;5-3(6,7)1(11)2(12)4(8,9)10/h1-6H,7,15H2,(H,17,20)(H,18,19);. The smallest absolute Gasteiger partial charge is 0.458 e. The number of hydrogen-bond donors (Lipinski definition) is 3. The number of Topliss-reactive ketones (excluding diaryl/α,β-unsaturated/α-hetero) is 2. The Bertz CT molecular complexity index is 1080. The molecule has 176 valence electrons. The Morgan fingerprint density at radius 1 is 1.03 bits per heavy atom. The van der Waals surface area contributed by atoms with Crippen LogP contribution in [0.2, 0.25) is 0 Å². The van der Waals surface area contributed by atoms with E-state index >= 15 is 0 Å². The van der Waals surface area contributed by atoms with E-state index in [4.69, 9.17) is 10.5 Å². The minimum absolute atomic E-state index is 0.0400. The predicted molar refractivity (Wildman–Crippen MR) is 99.3 cm³/mol. The van der Waals surface area contributed by atoms with Crippen LogP contribution in [0.3, 0.4) is 0 Å². The molecule has 4 N–H and O–H groups in total. The van der Waals surface area contributed by atoms with Crippen molar-refractivity contribution in [1.82, 2.24) is 4.98 Å². The van der Waals surface area contributed by atoms with Crippen molar-refractivity contribution in [3.05, 3.63) is 42.2 Å². The number of rotatable bonds is 3. The third kappa shape index (κ3) is 6.65. The highest BCUT2D eigenvalue weighted by molar-refractivity contribution is 6.41. The maximum Gasteiger partial charge on any atom is 0.458 e. The number of nitrogens with two attached hydrogens (primary N) is 1. The number of halogens is 6.